The number of methoxy groups -OCH3 is 1. The fourth-order valence-corrected chi connectivity index (χ4v) is 8.53. The van der Waals surface area contributed by atoms with Crippen molar-refractivity contribution in [1.82, 2.24) is 34.9 Å². The number of nitrogens with one attached hydrogen (secondary N) is 1. The molecule has 0 unspecified atom stereocenters. The summed E-state index contributed by atoms with van der Waals surface area (Å²) in [7, 11) is 4.79. The quantitative estimate of drug-likeness (QED) is 0.193. The molecule has 1 N–H and O–H groups in total. The van der Waals surface area contributed by atoms with Crippen LogP contribution in [-0.4, -0.2) is 95.2 Å². The van der Waals surface area contributed by atoms with Gasteiger partial charge in [-0.3, -0.25) is 14.4 Å². The predicted molar refractivity (Wildman–Crippen MR) is 188 cm³/mol. The first-order valence-electron chi connectivity index (χ1n) is 17.7. The first-order chi connectivity index (χ1) is 24.7. The number of hydrogen-bond donors (Lipinski definition) is 1. The Bertz CT molecular complexity index is 2010. The Morgan fingerprint density at radius 3 is 2.57 bits per heavy atom. The van der Waals surface area contributed by atoms with Crippen molar-refractivity contribution in [2.24, 2.45) is 0 Å². The number of carbonyl (C=O) groups is 1. The summed E-state index contributed by atoms with van der Waals surface area (Å²) in [5, 5.41) is 8.62. The number of fused-ring (bicyclic) bond motifs is 3. The molecule has 1 aliphatic carbocycles. The molecule has 2 aromatic carbocycles. The second-order valence-electron chi connectivity index (χ2n) is 14.3. The smallest absolute Gasteiger partial charge is 0.317 e. The lowest BCUT2D eigenvalue weighted by Gasteiger charge is -2.31. The highest BCUT2D eigenvalue weighted by atomic mass is 35.5. The van der Waals surface area contributed by atoms with Crippen molar-refractivity contribution in [3.8, 4) is 34.1 Å². The van der Waals surface area contributed by atoms with Crippen LogP contribution in [0.4, 0.5) is 8.78 Å². The van der Waals surface area contributed by atoms with E-state index in [0.29, 0.717) is 52.9 Å². The molecule has 4 aromatic rings. The van der Waals surface area contributed by atoms with Gasteiger partial charge in [0.15, 0.2) is 18.3 Å². The van der Waals surface area contributed by atoms with E-state index < -0.39 is 11.6 Å². The van der Waals surface area contributed by atoms with Gasteiger partial charge in [0.1, 0.15) is 23.7 Å². The van der Waals surface area contributed by atoms with Crippen LogP contribution in [-0.2, 0) is 17.8 Å². The number of carbonyl (C=O) groups excluding carboxylic acids is 1. The molecule has 51 heavy (non-hydrogen) atoms. The molecule has 5 heterocycles. The highest BCUT2D eigenvalue weighted by molar-refractivity contribution is 6.32. The van der Waals surface area contributed by atoms with Gasteiger partial charge in [0, 0.05) is 44.7 Å². The second-order valence-corrected chi connectivity index (χ2v) is 14.7. The molecule has 8 rings (SSSR count). The molecule has 4 aliphatic rings. The maximum absolute atomic E-state index is 17.3. The summed E-state index contributed by atoms with van der Waals surface area (Å²) < 4.78 is 53.0. The van der Waals surface area contributed by atoms with E-state index in [-0.39, 0.29) is 58.0 Å². The Morgan fingerprint density at radius 1 is 1.06 bits per heavy atom. The number of hydrogen-bond acceptors (Lipinski definition) is 9. The topological polar surface area (TPSA) is 107 Å². The normalized spacial score (nSPS) is 18.5. The van der Waals surface area contributed by atoms with Gasteiger partial charge in [-0.2, -0.15) is 15.1 Å². The Hall–Kier alpha value is -3.91. The average Bonchev–Trinajstić information content (AvgIpc) is 3.68. The number of aryl methyl sites for hydroxylation is 1. The molecule has 0 radical (unpaired) electrons. The molecule has 3 aliphatic heterocycles. The first kappa shape index (κ1) is 34.2. The molecular weight excluding hydrogens is 680 g/mol. The molecule has 3 fully saturated rings. The van der Waals surface area contributed by atoms with E-state index in [9.17, 15) is 4.79 Å². The van der Waals surface area contributed by atoms with Gasteiger partial charge < -0.3 is 24.4 Å². The Balaban J connectivity index is 1.36. The van der Waals surface area contributed by atoms with Crippen LogP contribution in [0.1, 0.15) is 72.6 Å². The van der Waals surface area contributed by atoms with Gasteiger partial charge in [-0.1, -0.05) is 11.6 Å². The predicted octanol–water partition coefficient (Wildman–Crippen LogP) is 6.15. The van der Waals surface area contributed by atoms with Gasteiger partial charge in [-0.25, -0.2) is 8.78 Å². The largest absolute Gasteiger partial charge is 0.467 e. The summed E-state index contributed by atoms with van der Waals surface area (Å²) >= 11 is 6.77. The summed E-state index contributed by atoms with van der Waals surface area (Å²) in [5.74, 6) is -1.65. The van der Waals surface area contributed by atoms with Crippen LogP contribution in [0.2, 0.25) is 5.02 Å². The lowest BCUT2D eigenvalue weighted by molar-refractivity contribution is 0.0511. The van der Waals surface area contributed by atoms with Crippen molar-refractivity contribution in [2.45, 2.75) is 69.5 Å². The zero-order valence-corrected chi connectivity index (χ0v) is 29.9. The number of aromatic nitrogens is 4. The lowest BCUT2D eigenvalue weighted by atomic mass is 9.93. The van der Waals surface area contributed by atoms with Gasteiger partial charge in [-0.15, -0.1) is 0 Å². The standard InChI is InChI=1S/C37H42ClF2N7O4/c1-45(2)35(48)34-30(27-18-41-11-6-14-47(27)44-34)32-24-17-26(39)29(23-15-22(51-20-49-3)16-25(38)28(23)21-7-8-21)31(40)33(24)43-36(42-32)50-19-37-9-4-12-46(37)13-5-10-37/h15-17,21,41H,4-14,18-20H2,1-3H3. The van der Waals surface area contributed by atoms with Crippen molar-refractivity contribution in [2.75, 3.05) is 54.2 Å². The van der Waals surface area contributed by atoms with E-state index in [0.717, 1.165) is 64.6 Å². The summed E-state index contributed by atoms with van der Waals surface area (Å²) in [6.07, 6.45) is 6.65. The number of rotatable bonds is 10. The summed E-state index contributed by atoms with van der Waals surface area (Å²) in [5.41, 5.74) is 1.91. The second kappa shape index (κ2) is 13.6. The minimum Gasteiger partial charge on any atom is -0.467 e. The van der Waals surface area contributed by atoms with Gasteiger partial charge >= 0.3 is 6.01 Å². The molecule has 270 valence electrons. The zero-order chi connectivity index (χ0) is 35.4. The number of halogens is 3. The molecular formula is C37H42ClF2N7O4. The summed E-state index contributed by atoms with van der Waals surface area (Å²) in [4.78, 5) is 27.1. The highest BCUT2D eigenvalue weighted by Gasteiger charge is 2.45. The van der Waals surface area contributed by atoms with E-state index in [1.807, 2.05) is 0 Å². The van der Waals surface area contributed by atoms with E-state index in [2.05, 4.69) is 15.2 Å². The third kappa shape index (κ3) is 6.11. The van der Waals surface area contributed by atoms with Crippen LogP contribution in [0.5, 0.6) is 11.8 Å². The van der Waals surface area contributed by atoms with Gasteiger partial charge in [0.25, 0.3) is 5.91 Å². The summed E-state index contributed by atoms with van der Waals surface area (Å²) in [6, 6.07) is 4.48. The maximum Gasteiger partial charge on any atom is 0.317 e. The Kier molecular flexibility index (Phi) is 9.10. The number of nitrogens with zero attached hydrogens (tertiary/aromatic N) is 6. The van der Waals surface area contributed by atoms with E-state index in [4.69, 9.17) is 35.9 Å². The van der Waals surface area contributed by atoms with Crippen molar-refractivity contribution >= 4 is 28.4 Å². The maximum atomic E-state index is 17.3. The number of ether oxygens (including phenoxy) is 3. The van der Waals surface area contributed by atoms with Crippen molar-refractivity contribution in [3.63, 3.8) is 0 Å². The fraction of sp³-hybridized carbons (Fsp3) is 0.514. The molecule has 2 saturated heterocycles. The third-order valence-electron chi connectivity index (χ3n) is 10.8. The molecule has 1 amide bonds. The monoisotopic (exact) mass is 721 g/mol. The van der Waals surface area contributed by atoms with Gasteiger partial charge in [0.2, 0.25) is 0 Å². The van der Waals surface area contributed by atoms with Crippen molar-refractivity contribution in [1.29, 1.82) is 0 Å². The minimum atomic E-state index is -0.876. The number of amides is 1. The summed E-state index contributed by atoms with van der Waals surface area (Å²) in [6.45, 7) is 4.01. The number of benzene rings is 2. The van der Waals surface area contributed by atoms with Crippen LogP contribution in [0, 0.1) is 11.6 Å². The molecule has 14 heteroatoms. The minimum absolute atomic E-state index is 0.0375. The highest BCUT2D eigenvalue weighted by Crippen LogP contribution is 2.51. The van der Waals surface area contributed by atoms with Crippen LogP contribution >= 0.6 is 11.6 Å². The molecule has 0 bridgehead atoms. The van der Waals surface area contributed by atoms with Gasteiger partial charge in [0.05, 0.1) is 28.1 Å². The SMILES string of the molecule is COCOc1cc(Cl)c(C2CC2)c(-c2c(F)cc3c(-c4c(C(=O)N(C)C)nn5c4CNCCC5)nc(OCC45CCCN4CCC5)nc3c2F)c1. The molecule has 0 atom stereocenters. The van der Waals surface area contributed by atoms with Crippen LogP contribution < -0.4 is 14.8 Å². The van der Waals surface area contributed by atoms with Gasteiger partial charge in [-0.05, 0) is 99.8 Å². The van der Waals surface area contributed by atoms with E-state index >= 15 is 8.78 Å². The Labute approximate surface area is 300 Å². The van der Waals surface area contributed by atoms with Crippen molar-refractivity contribution < 1.29 is 27.8 Å². The molecule has 0 spiro atoms. The third-order valence-corrected chi connectivity index (χ3v) is 11.1. The molecule has 1 saturated carbocycles. The lowest BCUT2D eigenvalue weighted by Crippen LogP contribution is -2.43. The fourth-order valence-electron chi connectivity index (χ4n) is 8.17. The van der Waals surface area contributed by atoms with Crippen LogP contribution in [0.25, 0.3) is 33.3 Å². The van der Waals surface area contributed by atoms with Crippen LogP contribution in [0.15, 0.2) is 18.2 Å². The van der Waals surface area contributed by atoms with Crippen LogP contribution in [0.3, 0.4) is 0 Å². The average molecular weight is 722 g/mol. The molecule has 2 aromatic heterocycles. The van der Waals surface area contributed by atoms with Crippen molar-refractivity contribution in [3.05, 3.63) is 51.8 Å². The molecule has 11 nitrogen and oxygen atoms in total. The Morgan fingerprint density at radius 2 is 1.84 bits per heavy atom. The van der Waals surface area contributed by atoms with E-state index in [1.165, 1.54) is 18.1 Å². The zero-order valence-electron chi connectivity index (χ0n) is 29.2. The first-order valence-corrected chi connectivity index (χ1v) is 18.1. The van der Waals surface area contributed by atoms with E-state index in [1.54, 1.807) is 30.9 Å².